The SMILES string of the molecule is C[C@@H]1CN(c2ncc(OC(F)F)cn2)C[C@H](C)N1. The summed E-state index contributed by atoms with van der Waals surface area (Å²) in [7, 11) is 0. The maximum absolute atomic E-state index is 12.0. The summed E-state index contributed by atoms with van der Waals surface area (Å²) in [6.07, 6.45) is 2.54. The molecular formula is C11H16F2N4O. The zero-order valence-corrected chi connectivity index (χ0v) is 10.3. The van der Waals surface area contributed by atoms with Gasteiger partial charge in [0.15, 0.2) is 5.75 Å². The second-order valence-electron chi connectivity index (χ2n) is 4.47. The highest BCUT2D eigenvalue weighted by molar-refractivity contribution is 5.33. The van der Waals surface area contributed by atoms with E-state index in [4.69, 9.17) is 0 Å². The summed E-state index contributed by atoms with van der Waals surface area (Å²) >= 11 is 0. The molecule has 0 aromatic carbocycles. The van der Waals surface area contributed by atoms with Crippen LogP contribution in [-0.4, -0.2) is 41.8 Å². The number of hydrogen-bond acceptors (Lipinski definition) is 5. The van der Waals surface area contributed by atoms with Gasteiger partial charge in [-0.3, -0.25) is 0 Å². The van der Waals surface area contributed by atoms with Gasteiger partial charge in [-0.25, -0.2) is 9.97 Å². The number of piperazine rings is 1. The summed E-state index contributed by atoms with van der Waals surface area (Å²) in [6, 6.07) is 0.684. The maximum Gasteiger partial charge on any atom is 0.387 e. The van der Waals surface area contributed by atoms with Crippen molar-refractivity contribution >= 4 is 5.95 Å². The number of rotatable bonds is 3. The molecule has 0 amide bonds. The van der Waals surface area contributed by atoms with Gasteiger partial charge in [0.25, 0.3) is 0 Å². The zero-order valence-electron chi connectivity index (χ0n) is 10.3. The minimum Gasteiger partial charge on any atom is -0.432 e. The standard InChI is InChI=1S/C11H16F2N4O/c1-7-5-17(6-8(2)16-7)11-14-3-9(4-15-11)18-10(12)13/h3-4,7-8,10,16H,5-6H2,1-2H3/t7-,8+. The first-order chi connectivity index (χ1) is 8.54. The van der Waals surface area contributed by atoms with E-state index < -0.39 is 6.61 Å². The van der Waals surface area contributed by atoms with E-state index in [1.807, 2.05) is 4.90 Å². The molecule has 0 aliphatic carbocycles. The van der Waals surface area contributed by atoms with Crippen LogP contribution in [0, 0.1) is 0 Å². The number of halogens is 2. The molecule has 0 bridgehead atoms. The first kappa shape index (κ1) is 12.9. The molecule has 1 N–H and O–H groups in total. The predicted molar refractivity (Wildman–Crippen MR) is 62.9 cm³/mol. The van der Waals surface area contributed by atoms with Gasteiger partial charge in [-0.05, 0) is 13.8 Å². The normalized spacial score (nSPS) is 24.4. The molecule has 1 aliphatic rings. The van der Waals surface area contributed by atoms with E-state index in [9.17, 15) is 8.78 Å². The van der Waals surface area contributed by atoms with Gasteiger partial charge >= 0.3 is 6.61 Å². The lowest BCUT2D eigenvalue weighted by atomic mass is 10.1. The third-order valence-corrected chi connectivity index (χ3v) is 2.68. The number of nitrogens with zero attached hydrogens (tertiary/aromatic N) is 3. The number of nitrogens with one attached hydrogen (secondary N) is 1. The zero-order chi connectivity index (χ0) is 13.1. The van der Waals surface area contributed by atoms with Crippen LogP contribution in [0.25, 0.3) is 0 Å². The highest BCUT2D eigenvalue weighted by Gasteiger charge is 2.22. The van der Waals surface area contributed by atoms with Crippen molar-refractivity contribution in [2.75, 3.05) is 18.0 Å². The first-order valence-electron chi connectivity index (χ1n) is 5.82. The molecule has 0 radical (unpaired) electrons. The Labute approximate surface area is 104 Å². The van der Waals surface area contributed by atoms with Crippen LogP contribution >= 0.6 is 0 Å². The van der Waals surface area contributed by atoms with E-state index in [2.05, 4.69) is 33.9 Å². The molecule has 1 fully saturated rings. The van der Waals surface area contributed by atoms with E-state index in [0.29, 0.717) is 18.0 Å². The van der Waals surface area contributed by atoms with Crippen LogP contribution in [0.4, 0.5) is 14.7 Å². The molecule has 0 spiro atoms. The molecule has 0 saturated carbocycles. The molecule has 18 heavy (non-hydrogen) atoms. The fourth-order valence-electron chi connectivity index (χ4n) is 2.13. The molecule has 1 aliphatic heterocycles. The minimum absolute atomic E-state index is 0.0232. The van der Waals surface area contributed by atoms with Crippen LogP contribution in [0.1, 0.15) is 13.8 Å². The Bertz CT molecular complexity index is 377. The van der Waals surface area contributed by atoms with Crippen LogP contribution in [0.5, 0.6) is 5.75 Å². The van der Waals surface area contributed by atoms with Crippen molar-refractivity contribution in [1.29, 1.82) is 0 Å². The van der Waals surface area contributed by atoms with Crippen LogP contribution < -0.4 is 15.0 Å². The molecule has 5 nitrogen and oxygen atoms in total. The predicted octanol–water partition coefficient (Wildman–Crippen LogP) is 1.26. The Balaban J connectivity index is 2.04. The van der Waals surface area contributed by atoms with Crippen LogP contribution in [0.15, 0.2) is 12.4 Å². The molecule has 2 rings (SSSR count). The molecule has 0 unspecified atom stereocenters. The van der Waals surface area contributed by atoms with E-state index in [-0.39, 0.29) is 5.75 Å². The molecule has 7 heteroatoms. The van der Waals surface area contributed by atoms with Crippen molar-refractivity contribution in [3.8, 4) is 5.75 Å². The highest BCUT2D eigenvalue weighted by atomic mass is 19.3. The van der Waals surface area contributed by atoms with Crippen LogP contribution in [0.2, 0.25) is 0 Å². The summed E-state index contributed by atoms with van der Waals surface area (Å²) in [4.78, 5) is 10.1. The average molecular weight is 258 g/mol. The summed E-state index contributed by atoms with van der Waals surface area (Å²) in [5, 5.41) is 3.40. The third kappa shape index (κ3) is 3.25. The van der Waals surface area contributed by atoms with Gasteiger partial charge in [-0.1, -0.05) is 0 Å². The van der Waals surface area contributed by atoms with E-state index in [0.717, 1.165) is 13.1 Å². The molecule has 2 atom stereocenters. The quantitative estimate of drug-likeness (QED) is 0.884. The molecule has 2 heterocycles. The number of aromatic nitrogens is 2. The summed E-state index contributed by atoms with van der Waals surface area (Å²) < 4.78 is 28.2. The van der Waals surface area contributed by atoms with Crippen molar-refractivity contribution in [3.05, 3.63) is 12.4 Å². The Kier molecular flexibility index (Phi) is 3.90. The van der Waals surface area contributed by atoms with Crippen molar-refractivity contribution in [3.63, 3.8) is 0 Å². The molecule has 1 saturated heterocycles. The summed E-state index contributed by atoms with van der Waals surface area (Å²) in [6.45, 7) is 2.89. The smallest absolute Gasteiger partial charge is 0.387 e. The minimum atomic E-state index is -2.85. The number of hydrogen-bond donors (Lipinski definition) is 1. The number of alkyl halides is 2. The molecule has 1 aromatic heterocycles. The van der Waals surface area contributed by atoms with Crippen molar-refractivity contribution in [1.82, 2.24) is 15.3 Å². The second kappa shape index (κ2) is 5.43. The Morgan fingerprint density at radius 2 is 1.83 bits per heavy atom. The lowest BCUT2D eigenvalue weighted by Gasteiger charge is -2.36. The van der Waals surface area contributed by atoms with Crippen LogP contribution in [-0.2, 0) is 0 Å². The lowest BCUT2D eigenvalue weighted by Crippen LogP contribution is -2.54. The van der Waals surface area contributed by atoms with Gasteiger partial charge < -0.3 is 15.0 Å². The fraction of sp³-hybridized carbons (Fsp3) is 0.636. The fourth-order valence-corrected chi connectivity index (χ4v) is 2.13. The van der Waals surface area contributed by atoms with Gasteiger partial charge in [0.1, 0.15) is 0 Å². The maximum atomic E-state index is 12.0. The Morgan fingerprint density at radius 3 is 2.33 bits per heavy atom. The monoisotopic (exact) mass is 258 g/mol. The largest absolute Gasteiger partial charge is 0.432 e. The molecule has 1 aromatic rings. The Morgan fingerprint density at radius 1 is 1.28 bits per heavy atom. The van der Waals surface area contributed by atoms with Crippen molar-refractivity contribution in [2.24, 2.45) is 0 Å². The average Bonchev–Trinajstić information content (AvgIpc) is 2.27. The lowest BCUT2D eigenvalue weighted by molar-refractivity contribution is -0.0503. The number of ether oxygens (including phenoxy) is 1. The summed E-state index contributed by atoms with van der Waals surface area (Å²) in [5.74, 6) is 0.516. The van der Waals surface area contributed by atoms with Crippen molar-refractivity contribution in [2.45, 2.75) is 32.5 Å². The number of anilines is 1. The van der Waals surface area contributed by atoms with Crippen LogP contribution in [0.3, 0.4) is 0 Å². The second-order valence-corrected chi connectivity index (χ2v) is 4.47. The van der Waals surface area contributed by atoms with E-state index in [1.54, 1.807) is 0 Å². The van der Waals surface area contributed by atoms with Gasteiger partial charge in [0, 0.05) is 25.2 Å². The van der Waals surface area contributed by atoms with Gasteiger partial charge in [0.05, 0.1) is 12.4 Å². The van der Waals surface area contributed by atoms with Gasteiger partial charge in [0.2, 0.25) is 5.95 Å². The molecular weight excluding hydrogens is 242 g/mol. The van der Waals surface area contributed by atoms with Gasteiger partial charge in [-0.2, -0.15) is 8.78 Å². The van der Waals surface area contributed by atoms with Gasteiger partial charge in [-0.15, -0.1) is 0 Å². The van der Waals surface area contributed by atoms with E-state index in [1.165, 1.54) is 12.4 Å². The molecule has 100 valence electrons. The van der Waals surface area contributed by atoms with E-state index >= 15 is 0 Å². The van der Waals surface area contributed by atoms with Crippen molar-refractivity contribution < 1.29 is 13.5 Å². The third-order valence-electron chi connectivity index (χ3n) is 2.68. The highest BCUT2D eigenvalue weighted by Crippen LogP contribution is 2.16. The Hall–Kier alpha value is -1.50. The summed E-state index contributed by atoms with van der Waals surface area (Å²) in [5.41, 5.74) is 0. The first-order valence-corrected chi connectivity index (χ1v) is 5.82. The topological polar surface area (TPSA) is 50.3 Å².